The Morgan fingerprint density at radius 2 is 2.10 bits per heavy atom. The summed E-state index contributed by atoms with van der Waals surface area (Å²) in [5.41, 5.74) is 5.85. The molecule has 0 aliphatic rings. The molecule has 0 aliphatic heterocycles. The van der Waals surface area contributed by atoms with Gasteiger partial charge >= 0.3 is 0 Å². The van der Waals surface area contributed by atoms with Crippen molar-refractivity contribution in [2.24, 2.45) is 0 Å². The summed E-state index contributed by atoms with van der Waals surface area (Å²) in [5.74, 6) is 0. The van der Waals surface area contributed by atoms with E-state index in [1.54, 1.807) is 7.11 Å². The number of hydrogen-bond acceptors (Lipinski definition) is 5. The number of nitrogens with two attached hydrogens (primary N) is 1. The van der Waals surface area contributed by atoms with Crippen LogP contribution in [0.1, 0.15) is 0 Å². The standard InChI is InChI=1S/C12H20ClN3O3S/c1-16(7-8-19-2)6-5-15-20(17,18)10-3-4-11(13)12(14)9-10/h3-4,9,15H,5-8,14H2,1-2H3. The maximum Gasteiger partial charge on any atom is 0.240 e. The van der Waals surface area contributed by atoms with Gasteiger partial charge in [-0.2, -0.15) is 0 Å². The number of benzene rings is 1. The van der Waals surface area contributed by atoms with E-state index in [4.69, 9.17) is 22.1 Å². The van der Waals surface area contributed by atoms with Crippen LogP contribution in [0.25, 0.3) is 0 Å². The number of methoxy groups -OCH3 is 1. The van der Waals surface area contributed by atoms with Gasteiger partial charge in [-0.3, -0.25) is 0 Å². The quantitative estimate of drug-likeness (QED) is 0.691. The highest BCUT2D eigenvalue weighted by Crippen LogP contribution is 2.21. The van der Waals surface area contributed by atoms with Crippen LogP contribution in [0.5, 0.6) is 0 Å². The summed E-state index contributed by atoms with van der Waals surface area (Å²) in [6.07, 6.45) is 0. The number of anilines is 1. The lowest BCUT2D eigenvalue weighted by Gasteiger charge is -2.16. The summed E-state index contributed by atoms with van der Waals surface area (Å²) in [6.45, 7) is 2.25. The first-order valence-corrected chi connectivity index (χ1v) is 7.95. The van der Waals surface area contributed by atoms with E-state index < -0.39 is 10.0 Å². The molecular weight excluding hydrogens is 302 g/mol. The van der Waals surface area contributed by atoms with Gasteiger partial charge in [0.15, 0.2) is 0 Å². The van der Waals surface area contributed by atoms with Gasteiger partial charge in [0.2, 0.25) is 10.0 Å². The zero-order chi connectivity index (χ0) is 15.2. The van der Waals surface area contributed by atoms with Crippen molar-refractivity contribution in [1.82, 2.24) is 9.62 Å². The van der Waals surface area contributed by atoms with Crippen LogP contribution in [-0.4, -0.2) is 53.7 Å². The van der Waals surface area contributed by atoms with E-state index in [9.17, 15) is 8.42 Å². The van der Waals surface area contributed by atoms with Crippen LogP contribution < -0.4 is 10.5 Å². The average Bonchev–Trinajstić information content (AvgIpc) is 2.39. The van der Waals surface area contributed by atoms with Crippen molar-refractivity contribution in [2.45, 2.75) is 4.90 Å². The SMILES string of the molecule is COCCN(C)CCNS(=O)(=O)c1ccc(Cl)c(N)c1. The molecule has 0 heterocycles. The summed E-state index contributed by atoms with van der Waals surface area (Å²) in [7, 11) is -0.0394. The van der Waals surface area contributed by atoms with Crippen molar-refractivity contribution < 1.29 is 13.2 Å². The Hall–Kier alpha value is -0.860. The van der Waals surface area contributed by atoms with Crippen LogP contribution >= 0.6 is 11.6 Å². The van der Waals surface area contributed by atoms with E-state index in [-0.39, 0.29) is 10.6 Å². The van der Waals surface area contributed by atoms with Crippen molar-refractivity contribution in [3.63, 3.8) is 0 Å². The van der Waals surface area contributed by atoms with Crippen LogP contribution in [0.4, 0.5) is 5.69 Å². The Bertz CT molecular complexity index is 537. The van der Waals surface area contributed by atoms with Gasteiger partial charge in [0.05, 0.1) is 22.2 Å². The molecule has 0 aliphatic carbocycles. The van der Waals surface area contributed by atoms with Crippen LogP contribution in [-0.2, 0) is 14.8 Å². The molecule has 0 aromatic heterocycles. The van der Waals surface area contributed by atoms with Gasteiger partial charge in [-0.15, -0.1) is 0 Å². The lowest BCUT2D eigenvalue weighted by atomic mass is 10.3. The van der Waals surface area contributed by atoms with Crippen LogP contribution in [0.15, 0.2) is 23.1 Å². The van der Waals surface area contributed by atoms with Crippen molar-refractivity contribution >= 4 is 27.3 Å². The van der Waals surface area contributed by atoms with Gasteiger partial charge in [0.25, 0.3) is 0 Å². The van der Waals surface area contributed by atoms with Gasteiger partial charge in [-0.05, 0) is 25.2 Å². The highest BCUT2D eigenvalue weighted by atomic mass is 35.5. The Balaban J connectivity index is 2.55. The molecule has 0 unspecified atom stereocenters. The Labute approximate surface area is 124 Å². The maximum absolute atomic E-state index is 12.0. The van der Waals surface area contributed by atoms with Gasteiger partial charge in [0.1, 0.15) is 0 Å². The average molecular weight is 322 g/mol. The number of sulfonamides is 1. The summed E-state index contributed by atoms with van der Waals surface area (Å²) in [6, 6.07) is 4.24. The number of nitrogens with one attached hydrogen (secondary N) is 1. The fourth-order valence-corrected chi connectivity index (χ4v) is 2.68. The molecule has 8 heteroatoms. The fraction of sp³-hybridized carbons (Fsp3) is 0.500. The van der Waals surface area contributed by atoms with E-state index >= 15 is 0 Å². The minimum Gasteiger partial charge on any atom is -0.397 e. The monoisotopic (exact) mass is 321 g/mol. The first-order chi connectivity index (χ1) is 9.36. The molecule has 1 aromatic carbocycles. The van der Waals surface area contributed by atoms with Crippen molar-refractivity contribution in [1.29, 1.82) is 0 Å². The zero-order valence-corrected chi connectivity index (χ0v) is 13.2. The summed E-state index contributed by atoms with van der Waals surface area (Å²) >= 11 is 5.77. The lowest BCUT2D eigenvalue weighted by Crippen LogP contribution is -2.34. The Morgan fingerprint density at radius 1 is 1.40 bits per heavy atom. The van der Waals surface area contributed by atoms with Crippen molar-refractivity contribution in [3.05, 3.63) is 23.2 Å². The molecule has 0 spiro atoms. The van der Waals surface area contributed by atoms with E-state index in [1.807, 2.05) is 11.9 Å². The first-order valence-electron chi connectivity index (χ1n) is 6.09. The number of ether oxygens (including phenoxy) is 1. The predicted molar refractivity (Wildman–Crippen MR) is 80.4 cm³/mol. The fourth-order valence-electron chi connectivity index (χ4n) is 1.50. The van der Waals surface area contributed by atoms with E-state index in [2.05, 4.69) is 4.72 Å². The molecule has 114 valence electrons. The highest BCUT2D eigenvalue weighted by Gasteiger charge is 2.14. The predicted octanol–water partition coefficient (Wildman–Crippen LogP) is 0.779. The third-order valence-corrected chi connectivity index (χ3v) is 4.54. The second kappa shape index (κ2) is 7.80. The molecule has 0 radical (unpaired) electrons. The Morgan fingerprint density at radius 3 is 2.70 bits per heavy atom. The second-order valence-electron chi connectivity index (χ2n) is 4.38. The summed E-state index contributed by atoms with van der Waals surface area (Å²) < 4.78 is 31.5. The topological polar surface area (TPSA) is 84.7 Å². The molecule has 0 bridgehead atoms. The molecule has 0 fully saturated rings. The normalized spacial score (nSPS) is 12.0. The molecule has 6 nitrogen and oxygen atoms in total. The van der Waals surface area contributed by atoms with E-state index in [0.29, 0.717) is 24.7 Å². The Kier molecular flexibility index (Phi) is 6.70. The highest BCUT2D eigenvalue weighted by molar-refractivity contribution is 7.89. The van der Waals surface area contributed by atoms with Crippen molar-refractivity contribution in [3.8, 4) is 0 Å². The molecule has 1 aromatic rings. The van der Waals surface area contributed by atoms with Crippen LogP contribution in [0.3, 0.4) is 0 Å². The minimum atomic E-state index is -3.56. The van der Waals surface area contributed by atoms with Gasteiger partial charge in [-0.25, -0.2) is 13.1 Å². The smallest absolute Gasteiger partial charge is 0.240 e. The number of nitrogen functional groups attached to an aromatic ring is 1. The number of hydrogen-bond donors (Lipinski definition) is 2. The molecule has 1 rings (SSSR count). The molecule has 0 atom stereocenters. The molecular formula is C12H20ClN3O3S. The minimum absolute atomic E-state index is 0.110. The molecule has 0 saturated heterocycles. The number of halogens is 1. The van der Waals surface area contributed by atoms with Gasteiger partial charge in [0, 0.05) is 26.7 Å². The molecule has 3 N–H and O–H groups in total. The zero-order valence-electron chi connectivity index (χ0n) is 11.6. The van der Waals surface area contributed by atoms with Crippen LogP contribution in [0.2, 0.25) is 5.02 Å². The summed E-state index contributed by atoms with van der Waals surface area (Å²) in [5, 5.41) is 0.336. The maximum atomic E-state index is 12.0. The molecule has 20 heavy (non-hydrogen) atoms. The van der Waals surface area contributed by atoms with Crippen molar-refractivity contribution in [2.75, 3.05) is 46.1 Å². The molecule has 0 amide bonds. The van der Waals surface area contributed by atoms with E-state index in [0.717, 1.165) is 6.54 Å². The number of likely N-dealkylation sites (N-methyl/N-ethyl adjacent to an activating group) is 1. The largest absolute Gasteiger partial charge is 0.397 e. The third kappa shape index (κ3) is 5.26. The van der Waals surface area contributed by atoms with Gasteiger partial charge in [-0.1, -0.05) is 11.6 Å². The van der Waals surface area contributed by atoms with Crippen LogP contribution in [0, 0.1) is 0 Å². The summed E-state index contributed by atoms with van der Waals surface area (Å²) in [4.78, 5) is 2.08. The second-order valence-corrected chi connectivity index (χ2v) is 6.55. The first kappa shape index (κ1) is 17.2. The third-order valence-electron chi connectivity index (χ3n) is 2.74. The van der Waals surface area contributed by atoms with E-state index in [1.165, 1.54) is 18.2 Å². The number of nitrogens with zero attached hydrogens (tertiary/aromatic N) is 1. The molecule has 0 saturated carbocycles. The lowest BCUT2D eigenvalue weighted by molar-refractivity contribution is 0.162. The van der Waals surface area contributed by atoms with Gasteiger partial charge < -0.3 is 15.4 Å². The number of rotatable bonds is 8.